The van der Waals surface area contributed by atoms with Crippen LogP contribution >= 0.6 is 11.8 Å². The van der Waals surface area contributed by atoms with E-state index in [-0.39, 0.29) is 11.2 Å². The molecule has 2 heterocycles. The number of amides is 1. The molecule has 0 unspecified atom stereocenters. The Hall–Kier alpha value is -2.34. The van der Waals surface area contributed by atoms with Gasteiger partial charge in [0.15, 0.2) is 5.16 Å². The Balaban J connectivity index is 1.75. The van der Waals surface area contributed by atoms with E-state index in [1.54, 1.807) is 12.4 Å². The minimum Gasteiger partial charge on any atom is -0.332 e. The topological polar surface area (TPSA) is 70.7 Å². The van der Waals surface area contributed by atoms with Crippen LogP contribution in [-0.4, -0.2) is 26.1 Å². The van der Waals surface area contributed by atoms with E-state index in [0.29, 0.717) is 0 Å². The number of hydrogen-bond acceptors (Lipinski definition) is 4. The largest absolute Gasteiger partial charge is 0.332 e. The molecule has 0 saturated heterocycles. The zero-order valence-electron chi connectivity index (χ0n) is 14.0. The molecule has 0 saturated carbocycles. The first kappa shape index (κ1) is 16.5. The fourth-order valence-corrected chi connectivity index (χ4v) is 3.35. The fourth-order valence-electron chi connectivity index (χ4n) is 2.43. The van der Waals surface area contributed by atoms with Crippen molar-refractivity contribution in [3.63, 3.8) is 0 Å². The average molecular weight is 340 g/mol. The summed E-state index contributed by atoms with van der Waals surface area (Å²) in [6.07, 6.45) is 4.17. The van der Waals surface area contributed by atoms with Crippen LogP contribution in [0.3, 0.4) is 0 Å². The van der Waals surface area contributed by atoms with Gasteiger partial charge >= 0.3 is 0 Å². The molecule has 1 aromatic carbocycles. The first-order valence-electron chi connectivity index (χ1n) is 7.91. The molecule has 5 nitrogen and oxygen atoms in total. The van der Waals surface area contributed by atoms with Gasteiger partial charge in [-0.1, -0.05) is 30.8 Å². The van der Waals surface area contributed by atoms with E-state index in [1.807, 2.05) is 45.0 Å². The van der Waals surface area contributed by atoms with Crippen LogP contribution in [0.25, 0.3) is 11.0 Å². The molecular formula is C18H20N4OS. The maximum Gasteiger partial charge on any atom is 0.237 e. The third-order valence-corrected chi connectivity index (χ3v) is 5.08. The lowest BCUT2D eigenvalue weighted by molar-refractivity contribution is -0.115. The Morgan fingerprint density at radius 3 is 2.92 bits per heavy atom. The number of H-pyrrole nitrogens is 1. The van der Waals surface area contributed by atoms with Gasteiger partial charge in [0, 0.05) is 11.9 Å². The van der Waals surface area contributed by atoms with E-state index in [4.69, 9.17) is 0 Å². The van der Waals surface area contributed by atoms with Crippen LogP contribution in [0.4, 0.5) is 5.69 Å². The Kier molecular flexibility index (Phi) is 4.85. The van der Waals surface area contributed by atoms with Crippen LogP contribution < -0.4 is 5.32 Å². The highest BCUT2D eigenvalue weighted by molar-refractivity contribution is 8.00. The van der Waals surface area contributed by atoms with Crippen molar-refractivity contribution in [2.45, 2.75) is 37.6 Å². The van der Waals surface area contributed by atoms with Gasteiger partial charge in [0.05, 0.1) is 22.5 Å². The highest BCUT2D eigenvalue weighted by Gasteiger charge is 2.20. The molecule has 0 fully saturated rings. The summed E-state index contributed by atoms with van der Waals surface area (Å²) in [6, 6.07) is 7.91. The minimum absolute atomic E-state index is 0.00483. The summed E-state index contributed by atoms with van der Waals surface area (Å²) in [5.41, 5.74) is 4.79. The maximum absolute atomic E-state index is 12.6. The Morgan fingerprint density at radius 1 is 1.33 bits per heavy atom. The number of carbonyl (C=O) groups excluding carboxylic acids is 1. The summed E-state index contributed by atoms with van der Waals surface area (Å²) in [5.74, 6) is -0.00483. The van der Waals surface area contributed by atoms with Crippen LogP contribution in [0.1, 0.15) is 24.5 Å². The van der Waals surface area contributed by atoms with Gasteiger partial charge in [0.25, 0.3) is 0 Å². The number of nitrogens with one attached hydrogen (secondary N) is 2. The molecule has 3 aromatic rings. The van der Waals surface area contributed by atoms with Gasteiger partial charge in [-0.2, -0.15) is 0 Å². The quantitative estimate of drug-likeness (QED) is 0.687. The molecule has 2 aromatic heterocycles. The number of pyridine rings is 1. The first-order valence-corrected chi connectivity index (χ1v) is 8.79. The third-order valence-electron chi connectivity index (χ3n) is 3.83. The van der Waals surface area contributed by atoms with Crippen molar-refractivity contribution >= 4 is 34.4 Å². The number of thioether (sulfide) groups is 1. The third kappa shape index (κ3) is 3.59. The normalized spacial score (nSPS) is 12.3. The van der Waals surface area contributed by atoms with Gasteiger partial charge in [0.1, 0.15) is 0 Å². The van der Waals surface area contributed by atoms with Crippen LogP contribution in [0.5, 0.6) is 0 Å². The predicted molar refractivity (Wildman–Crippen MR) is 98.4 cm³/mol. The van der Waals surface area contributed by atoms with Crippen LogP contribution in [0.2, 0.25) is 0 Å². The lowest BCUT2D eigenvalue weighted by Gasteiger charge is -2.15. The van der Waals surface area contributed by atoms with Gasteiger partial charge in [-0.05, 0) is 43.5 Å². The van der Waals surface area contributed by atoms with Crippen molar-refractivity contribution in [2.75, 3.05) is 5.32 Å². The van der Waals surface area contributed by atoms with Crippen LogP contribution in [-0.2, 0) is 4.79 Å². The summed E-state index contributed by atoms with van der Waals surface area (Å²) in [7, 11) is 0. The van der Waals surface area contributed by atoms with E-state index in [1.165, 1.54) is 11.8 Å². The number of fused-ring (bicyclic) bond motifs is 1. The van der Waals surface area contributed by atoms with E-state index < -0.39 is 0 Å². The smallest absolute Gasteiger partial charge is 0.237 e. The van der Waals surface area contributed by atoms with E-state index in [2.05, 4.69) is 20.3 Å². The number of carbonyl (C=O) groups is 1. The number of imidazole rings is 1. The molecule has 0 radical (unpaired) electrons. The number of nitrogens with zero attached hydrogens (tertiary/aromatic N) is 2. The summed E-state index contributed by atoms with van der Waals surface area (Å²) in [5, 5.41) is 3.57. The first-order chi connectivity index (χ1) is 11.6. The summed E-state index contributed by atoms with van der Waals surface area (Å²) in [6.45, 7) is 6.02. The fraction of sp³-hybridized carbons (Fsp3) is 0.278. The molecule has 0 bridgehead atoms. The van der Waals surface area contributed by atoms with Gasteiger partial charge < -0.3 is 10.3 Å². The number of rotatable bonds is 5. The lowest BCUT2D eigenvalue weighted by Crippen LogP contribution is -2.25. The van der Waals surface area contributed by atoms with Crippen molar-refractivity contribution < 1.29 is 4.79 Å². The molecule has 6 heteroatoms. The highest BCUT2D eigenvalue weighted by atomic mass is 32.2. The molecule has 0 aliphatic carbocycles. The second-order valence-electron chi connectivity index (χ2n) is 5.76. The second-order valence-corrected chi connectivity index (χ2v) is 6.95. The average Bonchev–Trinajstić information content (AvgIpc) is 2.98. The van der Waals surface area contributed by atoms with Crippen LogP contribution in [0, 0.1) is 13.8 Å². The standard InChI is InChI=1S/C18H20N4OS/c1-4-16(17(23)20-14-9-11(2)5-6-12(14)3)24-18-21-13-7-8-19-10-15(13)22-18/h5-10,16H,4H2,1-3H3,(H,20,23)(H,21,22)/t16-/m1/s1. The van der Waals surface area contributed by atoms with Crippen molar-refractivity contribution in [1.82, 2.24) is 15.0 Å². The Bertz CT molecular complexity index is 841. The summed E-state index contributed by atoms with van der Waals surface area (Å²) >= 11 is 1.45. The van der Waals surface area contributed by atoms with Crippen molar-refractivity contribution in [3.8, 4) is 0 Å². The monoisotopic (exact) mass is 340 g/mol. The van der Waals surface area contributed by atoms with Gasteiger partial charge in [-0.3, -0.25) is 9.78 Å². The zero-order valence-corrected chi connectivity index (χ0v) is 14.8. The van der Waals surface area contributed by atoms with Crippen LogP contribution in [0.15, 0.2) is 41.8 Å². The SMILES string of the molecule is CC[C@@H](Sc1nc2ccncc2[nH]1)C(=O)Nc1cc(C)ccc1C. The molecule has 0 aliphatic heterocycles. The minimum atomic E-state index is -0.210. The number of hydrogen-bond donors (Lipinski definition) is 2. The highest BCUT2D eigenvalue weighted by Crippen LogP contribution is 2.26. The number of aromatic nitrogens is 3. The number of benzene rings is 1. The number of aryl methyl sites for hydroxylation is 2. The molecule has 3 rings (SSSR count). The van der Waals surface area contributed by atoms with Crippen molar-refractivity contribution in [2.24, 2.45) is 0 Å². The Morgan fingerprint density at radius 2 is 2.17 bits per heavy atom. The molecule has 124 valence electrons. The van der Waals surface area contributed by atoms with Gasteiger partial charge in [0.2, 0.25) is 5.91 Å². The molecule has 0 spiro atoms. The molecule has 1 atom stereocenters. The molecular weight excluding hydrogens is 320 g/mol. The van der Waals surface area contributed by atoms with Crippen molar-refractivity contribution in [1.29, 1.82) is 0 Å². The van der Waals surface area contributed by atoms with Crippen molar-refractivity contribution in [3.05, 3.63) is 47.8 Å². The predicted octanol–water partition coefficient (Wildman–Crippen LogP) is 4.08. The number of aromatic amines is 1. The van der Waals surface area contributed by atoms with E-state index in [0.717, 1.165) is 39.4 Å². The van der Waals surface area contributed by atoms with E-state index >= 15 is 0 Å². The maximum atomic E-state index is 12.6. The lowest BCUT2D eigenvalue weighted by atomic mass is 10.1. The van der Waals surface area contributed by atoms with Gasteiger partial charge in [-0.15, -0.1) is 0 Å². The molecule has 2 N–H and O–H groups in total. The van der Waals surface area contributed by atoms with E-state index in [9.17, 15) is 4.79 Å². The zero-order chi connectivity index (χ0) is 17.1. The summed E-state index contributed by atoms with van der Waals surface area (Å²) in [4.78, 5) is 24.4. The molecule has 1 amide bonds. The molecule has 0 aliphatic rings. The molecule has 24 heavy (non-hydrogen) atoms. The summed E-state index contributed by atoms with van der Waals surface area (Å²) < 4.78 is 0. The Labute approximate surface area is 145 Å². The van der Waals surface area contributed by atoms with Gasteiger partial charge in [-0.25, -0.2) is 4.98 Å². The number of anilines is 1. The second kappa shape index (κ2) is 7.05.